The summed E-state index contributed by atoms with van der Waals surface area (Å²) >= 11 is 0. The van der Waals surface area contributed by atoms with E-state index < -0.39 is 0 Å². The third-order valence-corrected chi connectivity index (χ3v) is 4.04. The molecule has 1 N–H and O–H groups in total. The van der Waals surface area contributed by atoms with Crippen molar-refractivity contribution in [2.75, 3.05) is 11.9 Å². The monoisotopic (exact) mass is 264 g/mol. The van der Waals surface area contributed by atoms with Crippen LogP contribution in [-0.2, 0) is 6.54 Å². The van der Waals surface area contributed by atoms with Crippen LogP contribution in [0.4, 0.5) is 5.69 Å². The SMILES string of the molecule is CCn1c(C2CNc3ccccc32)nc2cnccc21. The largest absolute Gasteiger partial charge is 0.384 e. The van der Waals surface area contributed by atoms with Crippen LogP contribution in [0.1, 0.15) is 24.2 Å². The summed E-state index contributed by atoms with van der Waals surface area (Å²) in [5.41, 5.74) is 4.71. The topological polar surface area (TPSA) is 42.7 Å². The lowest BCUT2D eigenvalue weighted by atomic mass is 10.0. The molecule has 0 spiro atoms. The van der Waals surface area contributed by atoms with E-state index in [9.17, 15) is 0 Å². The second kappa shape index (κ2) is 4.34. The molecule has 3 aromatic rings. The molecule has 4 nitrogen and oxygen atoms in total. The fraction of sp³-hybridized carbons (Fsp3) is 0.250. The number of benzene rings is 1. The lowest BCUT2D eigenvalue weighted by Gasteiger charge is -2.12. The average molecular weight is 264 g/mol. The second-order valence-electron chi connectivity index (χ2n) is 5.10. The summed E-state index contributed by atoms with van der Waals surface area (Å²) in [5, 5.41) is 3.48. The summed E-state index contributed by atoms with van der Waals surface area (Å²) in [4.78, 5) is 9.01. The maximum Gasteiger partial charge on any atom is 0.119 e. The molecule has 0 bridgehead atoms. The first kappa shape index (κ1) is 11.5. The van der Waals surface area contributed by atoms with E-state index >= 15 is 0 Å². The standard InChI is InChI=1S/C16H16N4/c1-2-20-15-7-8-17-10-14(15)19-16(20)12-9-18-13-6-4-3-5-11(12)13/h3-8,10,12,18H,2,9H2,1H3. The highest BCUT2D eigenvalue weighted by molar-refractivity contribution is 5.75. The van der Waals surface area contributed by atoms with Gasteiger partial charge < -0.3 is 9.88 Å². The van der Waals surface area contributed by atoms with Crippen molar-refractivity contribution in [2.45, 2.75) is 19.4 Å². The van der Waals surface area contributed by atoms with Crippen LogP contribution in [0, 0.1) is 0 Å². The molecule has 0 amide bonds. The fourth-order valence-corrected chi connectivity index (χ4v) is 3.11. The van der Waals surface area contributed by atoms with Crippen LogP contribution in [0.15, 0.2) is 42.7 Å². The molecule has 0 aliphatic carbocycles. The van der Waals surface area contributed by atoms with Gasteiger partial charge in [-0.25, -0.2) is 4.98 Å². The number of para-hydroxylation sites is 1. The third-order valence-electron chi connectivity index (χ3n) is 4.04. The molecule has 4 heteroatoms. The molecule has 100 valence electrons. The second-order valence-corrected chi connectivity index (χ2v) is 5.10. The average Bonchev–Trinajstić information content (AvgIpc) is 3.07. The Balaban J connectivity index is 1.91. The molecule has 1 aliphatic rings. The van der Waals surface area contributed by atoms with Crippen LogP contribution in [0.5, 0.6) is 0 Å². The van der Waals surface area contributed by atoms with Crippen molar-refractivity contribution < 1.29 is 0 Å². The quantitative estimate of drug-likeness (QED) is 0.773. The third kappa shape index (κ3) is 1.54. The zero-order chi connectivity index (χ0) is 13.5. The Labute approximate surface area is 117 Å². The number of hydrogen-bond acceptors (Lipinski definition) is 3. The summed E-state index contributed by atoms with van der Waals surface area (Å²) in [7, 11) is 0. The van der Waals surface area contributed by atoms with Crippen LogP contribution >= 0.6 is 0 Å². The highest BCUT2D eigenvalue weighted by Crippen LogP contribution is 2.36. The van der Waals surface area contributed by atoms with Gasteiger partial charge in [-0.3, -0.25) is 4.98 Å². The van der Waals surface area contributed by atoms with Gasteiger partial charge in [0.2, 0.25) is 0 Å². The summed E-state index contributed by atoms with van der Waals surface area (Å²) in [6, 6.07) is 10.5. The van der Waals surface area contributed by atoms with E-state index in [0.717, 1.165) is 24.4 Å². The minimum Gasteiger partial charge on any atom is -0.384 e. The molecule has 1 atom stereocenters. The van der Waals surface area contributed by atoms with Gasteiger partial charge in [-0.05, 0) is 24.6 Å². The molecule has 0 fully saturated rings. The van der Waals surface area contributed by atoms with Gasteiger partial charge in [0, 0.05) is 25.0 Å². The van der Waals surface area contributed by atoms with Crippen molar-refractivity contribution in [3.8, 4) is 0 Å². The number of nitrogens with zero attached hydrogens (tertiary/aromatic N) is 3. The van der Waals surface area contributed by atoms with Gasteiger partial charge in [0.25, 0.3) is 0 Å². The van der Waals surface area contributed by atoms with E-state index in [1.807, 2.05) is 18.5 Å². The predicted octanol–water partition coefficient (Wildman–Crippen LogP) is 3.01. The number of hydrogen-bond donors (Lipinski definition) is 1. The lowest BCUT2D eigenvalue weighted by molar-refractivity contribution is 0.683. The summed E-state index contributed by atoms with van der Waals surface area (Å²) < 4.78 is 2.30. The highest BCUT2D eigenvalue weighted by Gasteiger charge is 2.27. The van der Waals surface area contributed by atoms with Crippen LogP contribution in [0.3, 0.4) is 0 Å². The molecule has 1 unspecified atom stereocenters. The van der Waals surface area contributed by atoms with Gasteiger partial charge >= 0.3 is 0 Å². The Hall–Kier alpha value is -2.36. The number of imidazole rings is 1. The molecule has 3 heterocycles. The molecule has 0 saturated carbocycles. The fourth-order valence-electron chi connectivity index (χ4n) is 3.11. The smallest absolute Gasteiger partial charge is 0.119 e. The van der Waals surface area contributed by atoms with E-state index in [1.165, 1.54) is 16.8 Å². The number of aromatic nitrogens is 3. The molecule has 0 saturated heterocycles. The first-order valence-corrected chi connectivity index (χ1v) is 7.01. The Morgan fingerprint density at radius 2 is 2.20 bits per heavy atom. The van der Waals surface area contributed by atoms with E-state index in [2.05, 4.69) is 46.1 Å². The molecule has 1 aromatic carbocycles. The predicted molar refractivity (Wildman–Crippen MR) is 80.0 cm³/mol. The first-order valence-electron chi connectivity index (χ1n) is 7.01. The number of pyridine rings is 1. The Morgan fingerprint density at radius 1 is 1.30 bits per heavy atom. The van der Waals surface area contributed by atoms with Crippen LogP contribution in [0.2, 0.25) is 0 Å². The number of nitrogens with one attached hydrogen (secondary N) is 1. The minimum absolute atomic E-state index is 0.318. The van der Waals surface area contributed by atoms with Crippen LogP contribution in [0.25, 0.3) is 11.0 Å². The molecular formula is C16H16N4. The van der Waals surface area contributed by atoms with Crippen molar-refractivity contribution in [1.82, 2.24) is 14.5 Å². The minimum atomic E-state index is 0.318. The van der Waals surface area contributed by atoms with Gasteiger partial charge in [-0.1, -0.05) is 18.2 Å². The Morgan fingerprint density at radius 3 is 3.10 bits per heavy atom. The van der Waals surface area contributed by atoms with Crippen LogP contribution < -0.4 is 5.32 Å². The van der Waals surface area contributed by atoms with Gasteiger partial charge in [0.1, 0.15) is 11.3 Å². The molecule has 20 heavy (non-hydrogen) atoms. The van der Waals surface area contributed by atoms with Gasteiger partial charge in [0.15, 0.2) is 0 Å². The van der Waals surface area contributed by atoms with Crippen molar-refractivity contribution in [1.29, 1.82) is 0 Å². The summed E-state index contributed by atoms with van der Waals surface area (Å²) in [6.07, 6.45) is 3.68. The maximum absolute atomic E-state index is 4.82. The van der Waals surface area contributed by atoms with Crippen molar-refractivity contribution in [3.63, 3.8) is 0 Å². The molecule has 1 aliphatic heterocycles. The van der Waals surface area contributed by atoms with E-state index in [-0.39, 0.29) is 0 Å². The van der Waals surface area contributed by atoms with Crippen molar-refractivity contribution in [2.24, 2.45) is 0 Å². The van der Waals surface area contributed by atoms with Gasteiger partial charge in [-0.15, -0.1) is 0 Å². The summed E-state index contributed by atoms with van der Waals surface area (Å²) in [6.45, 7) is 4.00. The Kier molecular flexibility index (Phi) is 2.49. The molecule has 0 radical (unpaired) electrons. The normalized spacial score (nSPS) is 17.1. The van der Waals surface area contributed by atoms with Crippen LogP contribution in [-0.4, -0.2) is 21.1 Å². The molecule has 4 rings (SSSR count). The number of rotatable bonds is 2. The first-order chi connectivity index (χ1) is 9.88. The summed E-state index contributed by atoms with van der Waals surface area (Å²) in [5.74, 6) is 1.45. The number of anilines is 1. The number of fused-ring (bicyclic) bond motifs is 2. The zero-order valence-electron chi connectivity index (χ0n) is 11.4. The van der Waals surface area contributed by atoms with Crippen molar-refractivity contribution in [3.05, 3.63) is 54.1 Å². The number of aryl methyl sites for hydroxylation is 1. The van der Waals surface area contributed by atoms with Gasteiger partial charge in [0.05, 0.1) is 17.6 Å². The highest BCUT2D eigenvalue weighted by atomic mass is 15.1. The van der Waals surface area contributed by atoms with E-state index in [4.69, 9.17) is 4.98 Å². The lowest BCUT2D eigenvalue weighted by Crippen LogP contribution is -2.11. The maximum atomic E-state index is 4.82. The van der Waals surface area contributed by atoms with Gasteiger partial charge in [-0.2, -0.15) is 0 Å². The van der Waals surface area contributed by atoms with Crippen molar-refractivity contribution >= 4 is 16.7 Å². The van der Waals surface area contributed by atoms with E-state index in [1.54, 1.807) is 0 Å². The molecular weight excluding hydrogens is 248 g/mol. The Bertz CT molecular complexity index is 775. The van der Waals surface area contributed by atoms with E-state index in [0.29, 0.717) is 5.92 Å². The zero-order valence-corrected chi connectivity index (χ0v) is 11.4. The molecule has 2 aromatic heterocycles.